The second kappa shape index (κ2) is 5.12. The van der Waals surface area contributed by atoms with Gasteiger partial charge in [0.1, 0.15) is 11.5 Å². The lowest BCUT2D eigenvalue weighted by molar-refractivity contribution is 0.578. The van der Waals surface area contributed by atoms with Crippen molar-refractivity contribution in [3.05, 3.63) is 59.4 Å². The quantitative estimate of drug-likeness (QED) is 0.892. The molecular weight excluding hydrogens is 234 g/mol. The van der Waals surface area contributed by atoms with Crippen molar-refractivity contribution in [1.82, 2.24) is 4.98 Å². The molecule has 0 spiro atoms. The molecule has 0 saturated carbocycles. The molecule has 1 atom stereocenters. The zero-order chi connectivity index (χ0) is 13.1. The summed E-state index contributed by atoms with van der Waals surface area (Å²) in [6.45, 7) is 3.41. The summed E-state index contributed by atoms with van der Waals surface area (Å²) < 4.78 is 27.4. The van der Waals surface area contributed by atoms with E-state index in [1.807, 2.05) is 19.1 Å². The Balaban J connectivity index is 2.27. The van der Waals surface area contributed by atoms with Crippen LogP contribution in [0.5, 0.6) is 0 Å². The van der Waals surface area contributed by atoms with Crippen molar-refractivity contribution in [1.29, 1.82) is 0 Å². The summed E-state index contributed by atoms with van der Waals surface area (Å²) in [6.07, 6.45) is 1.65. The Hall–Kier alpha value is -1.97. The van der Waals surface area contributed by atoms with E-state index < -0.39 is 11.6 Å². The maximum Gasteiger partial charge on any atom is 0.152 e. The van der Waals surface area contributed by atoms with Crippen LogP contribution >= 0.6 is 0 Å². The Bertz CT molecular complexity index is 541. The first kappa shape index (κ1) is 12.5. The van der Waals surface area contributed by atoms with Gasteiger partial charge in [0.2, 0.25) is 0 Å². The predicted molar refractivity (Wildman–Crippen MR) is 67.4 cm³/mol. The van der Waals surface area contributed by atoms with Crippen molar-refractivity contribution in [2.75, 3.05) is 5.32 Å². The van der Waals surface area contributed by atoms with E-state index in [4.69, 9.17) is 0 Å². The van der Waals surface area contributed by atoms with E-state index in [0.717, 1.165) is 5.69 Å². The van der Waals surface area contributed by atoms with E-state index in [1.54, 1.807) is 19.2 Å². The van der Waals surface area contributed by atoms with E-state index in [-0.39, 0.29) is 11.7 Å². The molecule has 0 aliphatic rings. The maximum absolute atomic E-state index is 13.8. The van der Waals surface area contributed by atoms with Crippen LogP contribution in [0.2, 0.25) is 0 Å². The molecule has 1 N–H and O–H groups in total. The third-order valence-corrected chi connectivity index (χ3v) is 2.78. The van der Waals surface area contributed by atoms with Gasteiger partial charge < -0.3 is 5.32 Å². The SMILES string of the molecule is Cc1ccc(F)c(NC(C)c2ccccn2)c1F. The number of pyridine rings is 1. The molecule has 1 aromatic heterocycles. The minimum Gasteiger partial charge on any atom is -0.372 e. The number of anilines is 1. The van der Waals surface area contributed by atoms with Crippen LogP contribution in [-0.4, -0.2) is 4.98 Å². The van der Waals surface area contributed by atoms with Crippen LogP contribution in [0.4, 0.5) is 14.5 Å². The lowest BCUT2D eigenvalue weighted by Crippen LogP contribution is -2.11. The van der Waals surface area contributed by atoms with Gasteiger partial charge in [0.05, 0.1) is 11.7 Å². The Morgan fingerprint density at radius 1 is 1.17 bits per heavy atom. The second-order valence-electron chi connectivity index (χ2n) is 4.17. The summed E-state index contributed by atoms with van der Waals surface area (Å²) in [5.41, 5.74) is 1.04. The Morgan fingerprint density at radius 2 is 1.94 bits per heavy atom. The summed E-state index contributed by atoms with van der Waals surface area (Å²) in [4.78, 5) is 4.15. The molecule has 94 valence electrons. The summed E-state index contributed by atoms with van der Waals surface area (Å²) in [5, 5.41) is 2.82. The van der Waals surface area contributed by atoms with Crippen molar-refractivity contribution in [2.45, 2.75) is 19.9 Å². The minimum atomic E-state index is -0.596. The van der Waals surface area contributed by atoms with Gasteiger partial charge in [-0.05, 0) is 37.6 Å². The largest absolute Gasteiger partial charge is 0.372 e. The minimum absolute atomic E-state index is 0.104. The Labute approximate surface area is 105 Å². The fraction of sp³-hybridized carbons (Fsp3) is 0.214. The monoisotopic (exact) mass is 248 g/mol. The number of hydrogen-bond donors (Lipinski definition) is 1. The van der Waals surface area contributed by atoms with Crippen LogP contribution in [0.3, 0.4) is 0 Å². The number of benzene rings is 1. The Morgan fingerprint density at radius 3 is 2.61 bits per heavy atom. The van der Waals surface area contributed by atoms with Crippen LogP contribution < -0.4 is 5.32 Å². The average molecular weight is 248 g/mol. The van der Waals surface area contributed by atoms with Crippen LogP contribution in [0.15, 0.2) is 36.5 Å². The van der Waals surface area contributed by atoms with Crippen molar-refractivity contribution < 1.29 is 8.78 Å². The molecule has 2 rings (SSSR count). The van der Waals surface area contributed by atoms with Crippen LogP contribution in [0, 0.1) is 18.6 Å². The van der Waals surface area contributed by atoms with Gasteiger partial charge in [0.25, 0.3) is 0 Å². The van der Waals surface area contributed by atoms with Gasteiger partial charge in [0, 0.05) is 6.20 Å². The molecule has 0 radical (unpaired) electrons. The molecule has 0 saturated heterocycles. The van der Waals surface area contributed by atoms with E-state index in [9.17, 15) is 8.78 Å². The smallest absolute Gasteiger partial charge is 0.152 e. The van der Waals surface area contributed by atoms with Crippen molar-refractivity contribution in [3.63, 3.8) is 0 Å². The molecule has 0 aliphatic carbocycles. The van der Waals surface area contributed by atoms with Crippen molar-refractivity contribution in [2.24, 2.45) is 0 Å². The fourth-order valence-electron chi connectivity index (χ4n) is 1.71. The summed E-state index contributed by atoms with van der Waals surface area (Å²) in [6, 6.07) is 7.85. The van der Waals surface area contributed by atoms with Crippen molar-refractivity contribution in [3.8, 4) is 0 Å². The van der Waals surface area contributed by atoms with E-state index in [2.05, 4.69) is 10.3 Å². The highest BCUT2D eigenvalue weighted by molar-refractivity contribution is 5.50. The van der Waals surface area contributed by atoms with Gasteiger partial charge in [0.15, 0.2) is 5.82 Å². The third kappa shape index (κ3) is 2.47. The van der Waals surface area contributed by atoms with Crippen molar-refractivity contribution >= 4 is 5.69 Å². The predicted octanol–water partition coefficient (Wildman–Crippen LogP) is 3.84. The summed E-state index contributed by atoms with van der Waals surface area (Å²) in [5.74, 6) is -1.15. The van der Waals surface area contributed by atoms with Gasteiger partial charge in [-0.15, -0.1) is 0 Å². The van der Waals surface area contributed by atoms with Crippen LogP contribution in [-0.2, 0) is 0 Å². The molecule has 2 aromatic rings. The van der Waals surface area contributed by atoms with Crippen LogP contribution in [0.1, 0.15) is 24.2 Å². The summed E-state index contributed by atoms with van der Waals surface area (Å²) >= 11 is 0. The van der Waals surface area contributed by atoms with Gasteiger partial charge >= 0.3 is 0 Å². The first-order valence-corrected chi connectivity index (χ1v) is 5.71. The lowest BCUT2D eigenvalue weighted by atomic mass is 10.1. The molecule has 0 bridgehead atoms. The normalized spacial score (nSPS) is 12.2. The zero-order valence-corrected chi connectivity index (χ0v) is 10.2. The fourth-order valence-corrected chi connectivity index (χ4v) is 1.71. The lowest BCUT2D eigenvalue weighted by Gasteiger charge is -2.16. The second-order valence-corrected chi connectivity index (χ2v) is 4.17. The topological polar surface area (TPSA) is 24.9 Å². The maximum atomic E-state index is 13.8. The standard InChI is InChI=1S/C14H14F2N2/c1-9-6-7-11(15)14(13(9)16)18-10(2)12-5-3-4-8-17-12/h3-8,10,18H,1-2H3. The first-order valence-electron chi connectivity index (χ1n) is 5.71. The number of aryl methyl sites for hydroxylation is 1. The van der Waals surface area contributed by atoms with Gasteiger partial charge in [-0.2, -0.15) is 0 Å². The van der Waals surface area contributed by atoms with Gasteiger partial charge in [-0.3, -0.25) is 4.98 Å². The zero-order valence-electron chi connectivity index (χ0n) is 10.2. The molecule has 0 fully saturated rings. The average Bonchev–Trinajstić information content (AvgIpc) is 2.40. The molecule has 18 heavy (non-hydrogen) atoms. The van der Waals surface area contributed by atoms with E-state index in [1.165, 1.54) is 12.1 Å². The number of nitrogens with one attached hydrogen (secondary N) is 1. The number of rotatable bonds is 3. The molecular formula is C14H14F2N2. The molecule has 1 unspecified atom stereocenters. The van der Waals surface area contributed by atoms with E-state index in [0.29, 0.717) is 5.56 Å². The highest BCUT2D eigenvalue weighted by Crippen LogP contribution is 2.25. The molecule has 1 aromatic carbocycles. The number of hydrogen-bond acceptors (Lipinski definition) is 2. The van der Waals surface area contributed by atoms with E-state index >= 15 is 0 Å². The number of nitrogens with zero attached hydrogens (tertiary/aromatic N) is 1. The summed E-state index contributed by atoms with van der Waals surface area (Å²) in [7, 11) is 0. The van der Waals surface area contributed by atoms with Gasteiger partial charge in [-0.1, -0.05) is 12.1 Å². The first-order chi connectivity index (χ1) is 8.59. The van der Waals surface area contributed by atoms with Crippen LogP contribution in [0.25, 0.3) is 0 Å². The third-order valence-electron chi connectivity index (χ3n) is 2.78. The molecule has 0 aliphatic heterocycles. The Kier molecular flexibility index (Phi) is 3.55. The molecule has 0 amide bonds. The highest BCUT2D eigenvalue weighted by atomic mass is 19.1. The number of halogens is 2. The highest BCUT2D eigenvalue weighted by Gasteiger charge is 2.15. The molecule has 2 nitrogen and oxygen atoms in total. The van der Waals surface area contributed by atoms with Gasteiger partial charge in [-0.25, -0.2) is 8.78 Å². The molecule has 1 heterocycles. The molecule has 4 heteroatoms. The number of aromatic nitrogens is 1.